The van der Waals surface area contributed by atoms with Crippen LogP contribution in [0.1, 0.15) is 39.8 Å². The zero-order valence-electron chi connectivity index (χ0n) is 17.6. The van der Waals surface area contributed by atoms with Crippen molar-refractivity contribution in [2.45, 2.75) is 27.3 Å². The number of carbonyl (C=O) groups excluding carboxylic acids is 1. The van der Waals surface area contributed by atoms with E-state index in [2.05, 4.69) is 9.82 Å². The lowest BCUT2D eigenvalue weighted by Gasteiger charge is -2.07. The summed E-state index contributed by atoms with van der Waals surface area (Å²) in [5, 5.41) is 5.27. The van der Waals surface area contributed by atoms with E-state index in [1.54, 1.807) is 37.3 Å². The number of ketones is 1. The van der Waals surface area contributed by atoms with Gasteiger partial charge in [0.2, 0.25) is 10.0 Å². The van der Waals surface area contributed by atoms with E-state index in [-0.39, 0.29) is 11.5 Å². The molecule has 162 valence electrons. The number of hydrogen-bond donors (Lipinski definition) is 1. The van der Waals surface area contributed by atoms with Gasteiger partial charge in [-0.05, 0) is 68.8 Å². The lowest BCUT2D eigenvalue weighted by Crippen LogP contribution is -2.14. The molecule has 1 aromatic heterocycles. The van der Waals surface area contributed by atoms with Crippen LogP contribution >= 0.6 is 11.6 Å². The molecule has 0 amide bonds. The van der Waals surface area contributed by atoms with Crippen molar-refractivity contribution in [3.05, 3.63) is 87.7 Å². The molecule has 0 saturated heterocycles. The highest BCUT2D eigenvalue weighted by molar-refractivity contribution is 7.92. The van der Waals surface area contributed by atoms with E-state index >= 15 is 0 Å². The molecule has 2 aromatic carbocycles. The zero-order chi connectivity index (χ0) is 22.6. The third-order valence-electron chi connectivity index (χ3n) is 4.94. The van der Waals surface area contributed by atoms with Crippen LogP contribution in [0, 0.1) is 13.8 Å². The molecule has 0 aliphatic rings. The zero-order valence-corrected chi connectivity index (χ0v) is 19.2. The van der Waals surface area contributed by atoms with E-state index < -0.39 is 10.0 Å². The highest BCUT2D eigenvalue weighted by atomic mass is 35.5. The third-order valence-corrected chi connectivity index (χ3v) is 6.62. The molecule has 1 N–H and O–H groups in total. The summed E-state index contributed by atoms with van der Waals surface area (Å²) in [4.78, 5) is 12.6. The van der Waals surface area contributed by atoms with Crippen molar-refractivity contribution in [1.82, 2.24) is 9.78 Å². The molecular formula is C23H24ClN3O3S. The Bertz CT molecular complexity index is 1230. The minimum absolute atomic E-state index is 0.0146. The third kappa shape index (κ3) is 5.62. The summed E-state index contributed by atoms with van der Waals surface area (Å²) in [7, 11) is -3.35. The SMILES string of the molecule is CCS(=O)(=O)Nc1ccc(C(=O)C=Cc2c(C)nn(Cc3ccccc3Cl)c2C)cc1. The second-order valence-corrected chi connectivity index (χ2v) is 9.53. The van der Waals surface area contributed by atoms with Crippen LogP contribution in [0.2, 0.25) is 5.02 Å². The summed E-state index contributed by atoms with van der Waals surface area (Å²) >= 11 is 6.26. The summed E-state index contributed by atoms with van der Waals surface area (Å²) in [6.45, 7) is 5.96. The molecule has 0 radical (unpaired) electrons. The number of hydrogen-bond acceptors (Lipinski definition) is 4. The number of aryl methyl sites for hydroxylation is 1. The van der Waals surface area contributed by atoms with Gasteiger partial charge in [0.25, 0.3) is 0 Å². The van der Waals surface area contributed by atoms with Crippen LogP contribution in [0.3, 0.4) is 0 Å². The predicted octanol–water partition coefficient (Wildman–Crippen LogP) is 4.86. The molecule has 0 unspecified atom stereocenters. The van der Waals surface area contributed by atoms with Crippen molar-refractivity contribution in [3.63, 3.8) is 0 Å². The van der Waals surface area contributed by atoms with Gasteiger partial charge in [-0.15, -0.1) is 0 Å². The summed E-state index contributed by atoms with van der Waals surface area (Å²) in [5.41, 5.74) is 4.50. The van der Waals surface area contributed by atoms with Crippen LogP contribution < -0.4 is 4.72 Å². The molecule has 0 aliphatic carbocycles. The maximum atomic E-state index is 12.6. The minimum atomic E-state index is -3.35. The van der Waals surface area contributed by atoms with Crippen molar-refractivity contribution >= 4 is 39.2 Å². The fourth-order valence-electron chi connectivity index (χ4n) is 3.10. The standard InChI is InChI=1S/C23H24ClN3O3S/c1-4-31(29,30)26-20-11-9-18(10-12-20)23(28)14-13-21-16(2)25-27(17(21)3)15-19-7-5-6-8-22(19)24/h5-14,26H,4,15H2,1-3H3. The molecule has 0 spiro atoms. The summed E-state index contributed by atoms with van der Waals surface area (Å²) in [6, 6.07) is 14.0. The molecule has 0 fully saturated rings. The van der Waals surface area contributed by atoms with Crippen molar-refractivity contribution in [1.29, 1.82) is 0 Å². The second-order valence-electron chi connectivity index (χ2n) is 7.11. The monoisotopic (exact) mass is 457 g/mol. The maximum absolute atomic E-state index is 12.6. The molecular weight excluding hydrogens is 434 g/mol. The van der Waals surface area contributed by atoms with Gasteiger partial charge in [0.15, 0.2) is 5.78 Å². The van der Waals surface area contributed by atoms with Crippen LogP contribution in [0.4, 0.5) is 5.69 Å². The van der Waals surface area contributed by atoms with Crippen LogP contribution in [0.25, 0.3) is 6.08 Å². The smallest absolute Gasteiger partial charge is 0.232 e. The minimum Gasteiger partial charge on any atom is -0.289 e. The topological polar surface area (TPSA) is 81.1 Å². The first-order valence-corrected chi connectivity index (χ1v) is 11.8. The number of rotatable bonds is 8. The predicted molar refractivity (Wildman–Crippen MR) is 125 cm³/mol. The summed E-state index contributed by atoms with van der Waals surface area (Å²) in [6.07, 6.45) is 3.26. The first kappa shape index (κ1) is 22.8. The Kier molecular flexibility index (Phi) is 6.97. The number of anilines is 1. The Morgan fingerprint density at radius 2 is 1.81 bits per heavy atom. The average molecular weight is 458 g/mol. The number of nitrogens with zero attached hydrogens (tertiary/aromatic N) is 2. The van der Waals surface area contributed by atoms with Gasteiger partial charge < -0.3 is 0 Å². The first-order valence-electron chi connectivity index (χ1n) is 9.80. The van der Waals surface area contributed by atoms with Crippen molar-refractivity contribution in [2.75, 3.05) is 10.5 Å². The number of halogens is 1. The molecule has 0 atom stereocenters. The molecule has 0 bridgehead atoms. The highest BCUT2D eigenvalue weighted by Gasteiger charge is 2.12. The number of aromatic nitrogens is 2. The van der Waals surface area contributed by atoms with Gasteiger partial charge in [-0.1, -0.05) is 29.8 Å². The average Bonchev–Trinajstić information content (AvgIpc) is 3.01. The Hall–Kier alpha value is -2.90. The van der Waals surface area contributed by atoms with E-state index in [1.165, 1.54) is 6.08 Å². The largest absolute Gasteiger partial charge is 0.289 e. The van der Waals surface area contributed by atoms with Crippen molar-refractivity contribution in [2.24, 2.45) is 0 Å². The Morgan fingerprint density at radius 3 is 2.45 bits per heavy atom. The molecule has 31 heavy (non-hydrogen) atoms. The second kappa shape index (κ2) is 9.49. The van der Waals surface area contributed by atoms with Gasteiger partial charge in [-0.3, -0.25) is 14.2 Å². The molecule has 3 rings (SSSR count). The van der Waals surface area contributed by atoms with Gasteiger partial charge in [-0.2, -0.15) is 5.10 Å². The number of nitrogens with one attached hydrogen (secondary N) is 1. The van der Waals surface area contributed by atoms with Gasteiger partial charge in [0.1, 0.15) is 0 Å². The lowest BCUT2D eigenvalue weighted by atomic mass is 10.1. The number of allylic oxidation sites excluding steroid dienone is 1. The Balaban J connectivity index is 1.75. The Morgan fingerprint density at radius 1 is 1.13 bits per heavy atom. The van der Waals surface area contributed by atoms with E-state index in [0.29, 0.717) is 22.8 Å². The molecule has 8 heteroatoms. The fourth-order valence-corrected chi connectivity index (χ4v) is 3.94. The van der Waals surface area contributed by atoms with Crippen molar-refractivity contribution in [3.8, 4) is 0 Å². The summed E-state index contributed by atoms with van der Waals surface area (Å²) in [5.74, 6) is -0.193. The van der Waals surface area contributed by atoms with Crippen LogP contribution in [0.15, 0.2) is 54.6 Å². The van der Waals surface area contributed by atoms with Gasteiger partial charge in [0, 0.05) is 27.5 Å². The van der Waals surface area contributed by atoms with E-state index in [4.69, 9.17) is 11.6 Å². The number of benzene rings is 2. The van der Waals surface area contributed by atoms with Crippen molar-refractivity contribution < 1.29 is 13.2 Å². The van der Waals surface area contributed by atoms with Crippen LogP contribution in [-0.2, 0) is 16.6 Å². The summed E-state index contributed by atoms with van der Waals surface area (Å²) < 4.78 is 27.6. The highest BCUT2D eigenvalue weighted by Crippen LogP contribution is 2.21. The van der Waals surface area contributed by atoms with Gasteiger partial charge in [-0.25, -0.2) is 8.42 Å². The van der Waals surface area contributed by atoms with Crippen LogP contribution in [-0.4, -0.2) is 29.7 Å². The molecule has 0 saturated carbocycles. The first-order chi connectivity index (χ1) is 14.7. The Labute approximate surface area is 187 Å². The molecule has 6 nitrogen and oxygen atoms in total. The number of carbonyl (C=O) groups is 1. The van der Waals surface area contributed by atoms with Crippen LogP contribution in [0.5, 0.6) is 0 Å². The normalized spacial score (nSPS) is 11.7. The molecule has 3 aromatic rings. The molecule has 0 aliphatic heterocycles. The van der Waals surface area contributed by atoms with E-state index in [9.17, 15) is 13.2 Å². The van der Waals surface area contributed by atoms with E-state index in [0.717, 1.165) is 22.5 Å². The fraction of sp³-hybridized carbons (Fsp3) is 0.217. The van der Waals surface area contributed by atoms with Gasteiger partial charge in [0.05, 0.1) is 18.0 Å². The molecule has 1 heterocycles. The quantitative estimate of drug-likeness (QED) is 0.387. The van der Waals surface area contributed by atoms with Gasteiger partial charge >= 0.3 is 0 Å². The maximum Gasteiger partial charge on any atom is 0.232 e. The van der Waals surface area contributed by atoms with E-state index in [1.807, 2.05) is 42.8 Å². The number of sulfonamides is 1. The lowest BCUT2D eigenvalue weighted by molar-refractivity contribution is 0.104.